The Kier molecular flexibility index (Phi) is 3.81. The van der Waals surface area contributed by atoms with Gasteiger partial charge in [-0.1, -0.05) is 12.1 Å². The van der Waals surface area contributed by atoms with Crippen LogP contribution in [0.1, 0.15) is 24.5 Å². The van der Waals surface area contributed by atoms with Crippen molar-refractivity contribution in [3.05, 3.63) is 29.8 Å². The van der Waals surface area contributed by atoms with Crippen LogP contribution in [0.3, 0.4) is 0 Å². The van der Waals surface area contributed by atoms with Crippen LogP contribution in [-0.4, -0.2) is 17.3 Å². The monoisotopic (exact) mass is 270 g/mol. The lowest BCUT2D eigenvalue weighted by atomic mass is 10.2. The van der Waals surface area contributed by atoms with E-state index in [1.807, 2.05) is 6.92 Å². The summed E-state index contributed by atoms with van der Waals surface area (Å²) in [5.41, 5.74) is 0.590. The second-order valence-electron chi connectivity index (χ2n) is 3.68. The van der Waals surface area contributed by atoms with Gasteiger partial charge in [0.05, 0.1) is 12.5 Å². The Labute approximate surface area is 109 Å². The van der Waals surface area contributed by atoms with Crippen molar-refractivity contribution in [2.75, 3.05) is 7.11 Å². The molecule has 96 valence electrons. The first-order chi connectivity index (χ1) is 8.65. The number of ether oxygens (including phenoxy) is 1. The number of aromatic nitrogens is 2. The smallest absolute Gasteiger partial charge is 0.258 e. The van der Waals surface area contributed by atoms with Gasteiger partial charge in [-0.2, -0.15) is 4.98 Å². The molecule has 1 heterocycles. The van der Waals surface area contributed by atoms with E-state index in [2.05, 4.69) is 10.1 Å². The summed E-state index contributed by atoms with van der Waals surface area (Å²) in [4.78, 5) is 4.17. The molecule has 0 spiro atoms. The van der Waals surface area contributed by atoms with Crippen molar-refractivity contribution in [3.63, 3.8) is 0 Å². The van der Waals surface area contributed by atoms with Gasteiger partial charge in [0.1, 0.15) is 0 Å². The average Bonchev–Trinajstić information content (AvgIpc) is 2.88. The first-order valence-corrected chi connectivity index (χ1v) is 5.91. The Morgan fingerprint density at radius 2 is 2.28 bits per heavy atom. The molecule has 0 N–H and O–H groups in total. The van der Waals surface area contributed by atoms with Gasteiger partial charge in [0.2, 0.25) is 0 Å². The molecule has 0 aliphatic rings. The van der Waals surface area contributed by atoms with E-state index >= 15 is 0 Å². The van der Waals surface area contributed by atoms with Gasteiger partial charge in [-0.05, 0) is 24.6 Å². The molecule has 0 aliphatic heterocycles. The van der Waals surface area contributed by atoms with Gasteiger partial charge in [0.25, 0.3) is 5.89 Å². The van der Waals surface area contributed by atoms with Crippen LogP contribution < -0.4 is 4.74 Å². The number of hydrogen-bond acceptors (Lipinski definition) is 4. The molecule has 6 heteroatoms. The minimum atomic E-state index is -0.440. The molecular weight excluding hydrogens is 259 g/mol. The number of halogens is 2. The van der Waals surface area contributed by atoms with Gasteiger partial charge < -0.3 is 9.26 Å². The molecule has 18 heavy (non-hydrogen) atoms. The number of benzene rings is 1. The molecule has 0 radical (unpaired) electrons. The van der Waals surface area contributed by atoms with Crippen LogP contribution in [0.2, 0.25) is 0 Å². The van der Waals surface area contributed by atoms with Crippen LogP contribution in [0.25, 0.3) is 11.5 Å². The van der Waals surface area contributed by atoms with Crippen molar-refractivity contribution in [1.29, 1.82) is 0 Å². The number of methoxy groups -OCH3 is 1. The normalized spacial score (nSPS) is 12.4. The van der Waals surface area contributed by atoms with Crippen LogP contribution in [0.5, 0.6) is 5.75 Å². The highest BCUT2D eigenvalue weighted by atomic mass is 35.5. The van der Waals surface area contributed by atoms with E-state index in [1.165, 1.54) is 19.2 Å². The van der Waals surface area contributed by atoms with E-state index in [0.717, 1.165) is 0 Å². The standard InChI is InChI=1S/C12H12ClFN2O2/c1-3-8(13)11-15-12(18-16-11)7-4-5-9(14)10(6-7)17-2/h4-6,8H,3H2,1-2H3. The maximum atomic E-state index is 13.3. The predicted octanol–water partition coefficient (Wildman–Crippen LogP) is 3.57. The van der Waals surface area contributed by atoms with Gasteiger partial charge in [-0.3, -0.25) is 0 Å². The van der Waals surface area contributed by atoms with Crippen molar-refractivity contribution >= 4 is 11.6 Å². The second kappa shape index (κ2) is 5.35. The summed E-state index contributed by atoms with van der Waals surface area (Å²) < 4.78 is 23.2. The summed E-state index contributed by atoms with van der Waals surface area (Å²) in [5.74, 6) is 0.412. The summed E-state index contributed by atoms with van der Waals surface area (Å²) >= 11 is 6.01. The molecule has 0 fully saturated rings. The van der Waals surface area contributed by atoms with E-state index in [0.29, 0.717) is 23.7 Å². The molecule has 1 atom stereocenters. The maximum Gasteiger partial charge on any atom is 0.258 e. The third-order valence-corrected chi connectivity index (χ3v) is 2.98. The van der Waals surface area contributed by atoms with Crippen LogP contribution >= 0.6 is 11.6 Å². The van der Waals surface area contributed by atoms with Crippen LogP contribution in [0.4, 0.5) is 4.39 Å². The van der Waals surface area contributed by atoms with E-state index < -0.39 is 5.82 Å². The lowest BCUT2D eigenvalue weighted by molar-refractivity contribution is 0.386. The summed E-state index contributed by atoms with van der Waals surface area (Å²) in [7, 11) is 1.40. The Balaban J connectivity index is 2.34. The number of nitrogens with zero attached hydrogens (tertiary/aromatic N) is 2. The Morgan fingerprint density at radius 3 is 2.94 bits per heavy atom. The highest BCUT2D eigenvalue weighted by molar-refractivity contribution is 6.20. The van der Waals surface area contributed by atoms with Crippen LogP contribution in [0, 0.1) is 5.82 Å². The second-order valence-corrected chi connectivity index (χ2v) is 4.21. The van der Waals surface area contributed by atoms with Crippen molar-refractivity contribution in [1.82, 2.24) is 10.1 Å². The van der Waals surface area contributed by atoms with Gasteiger partial charge in [-0.15, -0.1) is 11.6 Å². The molecule has 0 bridgehead atoms. The topological polar surface area (TPSA) is 48.2 Å². The molecule has 2 aromatic rings. The highest BCUT2D eigenvalue weighted by Crippen LogP contribution is 2.27. The maximum absolute atomic E-state index is 13.3. The van der Waals surface area contributed by atoms with Gasteiger partial charge >= 0.3 is 0 Å². The summed E-state index contributed by atoms with van der Waals surface area (Å²) in [6.07, 6.45) is 0.702. The molecule has 1 aromatic heterocycles. The Morgan fingerprint density at radius 1 is 1.50 bits per heavy atom. The first-order valence-electron chi connectivity index (χ1n) is 5.47. The molecule has 4 nitrogen and oxygen atoms in total. The quantitative estimate of drug-likeness (QED) is 0.797. The van der Waals surface area contributed by atoms with E-state index in [1.54, 1.807) is 6.07 Å². The largest absolute Gasteiger partial charge is 0.494 e. The lowest BCUT2D eigenvalue weighted by Gasteiger charge is -2.02. The molecular formula is C12H12ClFN2O2. The molecule has 0 aliphatic carbocycles. The number of alkyl halides is 1. The number of rotatable bonds is 4. The van der Waals surface area contributed by atoms with Gasteiger partial charge in [-0.25, -0.2) is 4.39 Å². The minimum absolute atomic E-state index is 0.130. The van der Waals surface area contributed by atoms with Crippen LogP contribution in [0.15, 0.2) is 22.7 Å². The zero-order chi connectivity index (χ0) is 13.1. The molecule has 0 amide bonds. The average molecular weight is 271 g/mol. The molecule has 1 unspecified atom stereocenters. The van der Waals surface area contributed by atoms with Crippen molar-refractivity contribution < 1.29 is 13.7 Å². The first kappa shape index (κ1) is 12.8. The zero-order valence-corrected chi connectivity index (χ0v) is 10.7. The van der Waals surface area contributed by atoms with Crippen LogP contribution in [-0.2, 0) is 0 Å². The Bertz CT molecular complexity index is 545. The van der Waals surface area contributed by atoms with Crippen molar-refractivity contribution in [2.45, 2.75) is 18.7 Å². The molecule has 0 saturated heterocycles. The summed E-state index contributed by atoms with van der Waals surface area (Å²) in [5, 5.41) is 3.50. The third-order valence-electron chi connectivity index (χ3n) is 2.48. The van der Waals surface area contributed by atoms with E-state index in [9.17, 15) is 4.39 Å². The third kappa shape index (κ3) is 2.46. The highest BCUT2D eigenvalue weighted by Gasteiger charge is 2.16. The van der Waals surface area contributed by atoms with Gasteiger partial charge in [0, 0.05) is 5.56 Å². The fourth-order valence-electron chi connectivity index (χ4n) is 1.45. The van der Waals surface area contributed by atoms with Crippen molar-refractivity contribution in [2.24, 2.45) is 0 Å². The summed E-state index contributed by atoms with van der Waals surface area (Å²) in [6, 6.07) is 4.34. The fourth-order valence-corrected chi connectivity index (χ4v) is 1.54. The lowest BCUT2D eigenvalue weighted by Crippen LogP contribution is -1.91. The van der Waals surface area contributed by atoms with Crippen molar-refractivity contribution in [3.8, 4) is 17.2 Å². The number of hydrogen-bond donors (Lipinski definition) is 0. The SMILES string of the molecule is CCC(Cl)c1noc(-c2ccc(F)c(OC)c2)n1. The zero-order valence-electron chi connectivity index (χ0n) is 9.98. The molecule has 2 rings (SSSR count). The molecule has 0 saturated carbocycles. The Hall–Kier alpha value is -1.62. The molecule has 1 aromatic carbocycles. The predicted molar refractivity (Wildman–Crippen MR) is 65.1 cm³/mol. The van der Waals surface area contributed by atoms with E-state index in [-0.39, 0.29) is 11.1 Å². The van der Waals surface area contributed by atoms with Gasteiger partial charge in [0.15, 0.2) is 17.4 Å². The van der Waals surface area contributed by atoms with E-state index in [4.69, 9.17) is 20.9 Å². The summed E-state index contributed by atoms with van der Waals surface area (Å²) in [6.45, 7) is 1.93. The fraction of sp³-hybridized carbons (Fsp3) is 0.333. The minimum Gasteiger partial charge on any atom is -0.494 e.